The lowest BCUT2D eigenvalue weighted by molar-refractivity contribution is 0.0777. The van der Waals surface area contributed by atoms with Crippen LogP contribution < -0.4 is 0 Å². The second kappa shape index (κ2) is 7.76. The van der Waals surface area contributed by atoms with Crippen molar-refractivity contribution in [1.82, 2.24) is 9.88 Å². The summed E-state index contributed by atoms with van der Waals surface area (Å²) in [5.74, 6) is 0. The second-order valence-corrected chi connectivity index (χ2v) is 7.32. The fourth-order valence-corrected chi connectivity index (χ4v) is 3.98. The number of rotatable bonds is 5. The summed E-state index contributed by atoms with van der Waals surface area (Å²) >= 11 is 3.50. The van der Waals surface area contributed by atoms with Crippen molar-refractivity contribution in [3.05, 3.63) is 33.9 Å². The minimum absolute atomic E-state index is 0.117. The normalized spacial score (nSPS) is 18.2. The van der Waals surface area contributed by atoms with Gasteiger partial charge in [0.1, 0.15) is 0 Å². The van der Waals surface area contributed by atoms with Crippen LogP contribution >= 0.6 is 15.9 Å². The van der Waals surface area contributed by atoms with Crippen LogP contribution in [-0.4, -0.2) is 52.6 Å². The fraction of sp³-hybridized carbons (Fsp3) is 0.500. The highest BCUT2D eigenvalue weighted by molar-refractivity contribution is 9.10. The zero-order valence-electron chi connectivity index (χ0n) is 14.2. The van der Waals surface area contributed by atoms with E-state index in [2.05, 4.69) is 27.0 Å². The van der Waals surface area contributed by atoms with Crippen LogP contribution in [-0.2, 0) is 11.2 Å². The number of nitrogens with zero attached hydrogens (tertiary/aromatic N) is 1. The lowest BCUT2D eigenvalue weighted by Crippen LogP contribution is -2.40. The van der Waals surface area contributed by atoms with E-state index in [9.17, 15) is 9.90 Å². The van der Waals surface area contributed by atoms with Crippen molar-refractivity contribution >= 4 is 32.9 Å². The van der Waals surface area contributed by atoms with Crippen LogP contribution in [0.15, 0.2) is 22.7 Å². The Bertz CT molecular complexity index is 761. The first-order chi connectivity index (χ1) is 12.0. The molecule has 3 rings (SSSR count). The molecule has 0 radical (unpaired) electrons. The molecule has 0 fully saturated rings. The zero-order chi connectivity index (χ0) is 18.0. The summed E-state index contributed by atoms with van der Waals surface area (Å²) in [6.07, 6.45) is 1.64. The molecular formula is C18H23BrN2O4. The molecule has 1 aliphatic heterocycles. The van der Waals surface area contributed by atoms with Gasteiger partial charge in [0.05, 0.1) is 25.9 Å². The highest BCUT2D eigenvalue weighted by atomic mass is 79.9. The van der Waals surface area contributed by atoms with E-state index in [-0.39, 0.29) is 18.7 Å². The number of aromatic amines is 1. The van der Waals surface area contributed by atoms with Crippen molar-refractivity contribution in [3.8, 4) is 0 Å². The Morgan fingerprint density at radius 3 is 3.04 bits per heavy atom. The number of benzene rings is 1. The highest BCUT2D eigenvalue weighted by Gasteiger charge is 2.33. The Kier molecular flexibility index (Phi) is 5.66. The molecule has 0 saturated carbocycles. The predicted octanol–water partition coefficient (Wildman–Crippen LogP) is 3.12. The number of hydrogen-bond acceptors (Lipinski definition) is 4. The van der Waals surface area contributed by atoms with Gasteiger partial charge in [-0.2, -0.15) is 0 Å². The molecule has 1 amide bonds. The molecule has 6 nitrogen and oxygen atoms in total. The molecule has 1 aromatic heterocycles. The van der Waals surface area contributed by atoms with E-state index in [0.29, 0.717) is 25.8 Å². The molecule has 7 heteroatoms. The number of amides is 1. The molecule has 0 spiro atoms. The van der Waals surface area contributed by atoms with Crippen LogP contribution in [0.3, 0.4) is 0 Å². The molecule has 2 heterocycles. The van der Waals surface area contributed by atoms with Gasteiger partial charge in [0.2, 0.25) is 0 Å². The van der Waals surface area contributed by atoms with Crippen LogP contribution in [0, 0.1) is 0 Å². The van der Waals surface area contributed by atoms with E-state index in [4.69, 9.17) is 9.84 Å². The van der Waals surface area contributed by atoms with Crippen LogP contribution in [0.2, 0.25) is 0 Å². The summed E-state index contributed by atoms with van der Waals surface area (Å²) in [5, 5.41) is 19.7. The van der Waals surface area contributed by atoms with Crippen molar-refractivity contribution in [2.45, 2.75) is 37.8 Å². The summed E-state index contributed by atoms with van der Waals surface area (Å²) in [7, 11) is 1.40. The van der Waals surface area contributed by atoms with Crippen LogP contribution in [0.25, 0.3) is 10.9 Å². The summed E-state index contributed by atoms with van der Waals surface area (Å²) in [4.78, 5) is 17.4. The molecular weight excluding hydrogens is 388 g/mol. The number of carbonyl (C=O) groups is 1. The number of fused-ring (bicyclic) bond motifs is 3. The number of nitrogens with one attached hydrogen (secondary N) is 1. The van der Waals surface area contributed by atoms with E-state index in [1.807, 2.05) is 12.1 Å². The quantitative estimate of drug-likeness (QED) is 0.706. The number of carbonyl (C=O) groups excluding carboxylic acids is 1. The largest absolute Gasteiger partial charge is 0.453 e. The van der Waals surface area contributed by atoms with E-state index in [0.717, 1.165) is 22.1 Å². The number of H-pyrrole nitrogens is 1. The summed E-state index contributed by atoms with van der Waals surface area (Å²) in [5.41, 5.74) is 3.34. The SMILES string of the molecule is COC(=O)N1CCc2c([nH]c3cc(Br)ccc23)[C@@H]1CCCC(O)CO. The molecule has 0 saturated heterocycles. The summed E-state index contributed by atoms with van der Waals surface area (Å²) in [6.45, 7) is 0.368. The van der Waals surface area contributed by atoms with Crippen molar-refractivity contribution in [3.63, 3.8) is 0 Å². The minimum atomic E-state index is -0.715. The van der Waals surface area contributed by atoms with Gasteiger partial charge >= 0.3 is 6.09 Å². The van der Waals surface area contributed by atoms with Crippen molar-refractivity contribution < 1.29 is 19.7 Å². The zero-order valence-corrected chi connectivity index (χ0v) is 15.8. The number of hydrogen-bond donors (Lipinski definition) is 3. The van der Waals surface area contributed by atoms with Gasteiger partial charge < -0.3 is 19.9 Å². The molecule has 1 unspecified atom stereocenters. The Labute approximate surface area is 154 Å². The van der Waals surface area contributed by atoms with Crippen molar-refractivity contribution in [2.75, 3.05) is 20.3 Å². The molecule has 0 aliphatic carbocycles. The summed E-state index contributed by atoms with van der Waals surface area (Å²) in [6, 6.07) is 6.04. The number of aliphatic hydroxyl groups is 2. The summed E-state index contributed by atoms with van der Waals surface area (Å²) < 4.78 is 5.96. The maximum Gasteiger partial charge on any atom is 0.410 e. The van der Waals surface area contributed by atoms with Gasteiger partial charge in [-0.1, -0.05) is 22.0 Å². The molecule has 0 bridgehead atoms. The van der Waals surface area contributed by atoms with Crippen LogP contribution in [0.5, 0.6) is 0 Å². The van der Waals surface area contributed by atoms with Gasteiger partial charge in [-0.25, -0.2) is 4.79 Å². The van der Waals surface area contributed by atoms with Crippen molar-refractivity contribution in [2.24, 2.45) is 0 Å². The average molecular weight is 411 g/mol. The molecule has 25 heavy (non-hydrogen) atoms. The number of halogens is 1. The predicted molar refractivity (Wildman–Crippen MR) is 98.5 cm³/mol. The van der Waals surface area contributed by atoms with Crippen LogP contribution in [0.1, 0.15) is 36.6 Å². The van der Waals surface area contributed by atoms with Crippen LogP contribution in [0.4, 0.5) is 4.79 Å². The van der Waals surface area contributed by atoms with E-state index in [1.54, 1.807) is 4.90 Å². The molecule has 1 aliphatic rings. The molecule has 3 N–H and O–H groups in total. The van der Waals surface area contributed by atoms with Gasteiger partial charge in [-0.3, -0.25) is 4.90 Å². The average Bonchev–Trinajstić information content (AvgIpc) is 2.98. The Morgan fingerprint density at radius 1 is 1.52 bits per heavy atom. The molecule has 1 aromatic carbocycles. The maximum absolute atomic E-state index is 12.2. The highest BCUT2D eigenvalue weighted by Crippen LogP contribution is 2.38. The topological polar surface area (TPSA) is 85.8 Å². The third-order valence-electron chi connectivity index (χ3n) is 4.85. The van der Waals surface area contributed by atoms with E-state index < -0.39 is 6.10 Å². The number of aliphatic hydroxyl groups excluding tert-OH is 2. The molecule has 2 atom stereocenters. The van der Waals surface area contributed by atoms with Gasteiger partial charge in [0.15, 0.2) is 0 Å². The van der Waals surface area contributed by atoms with Crippen molar-refractivity contribution in [1.29, 1.82) is 0 Å². The number of aromatic nitrogens is 1. The number of methoxy groups -OCH3 is 1. The fourth-order valence-electron chi connectivity index (χ4n) is 3.62. The first kappa shape index (κ1) is 18.2. The van der Waals surface area contributed by atoms with E-state index in [1.165, 1.54) is 18.1 Å². The standard InChI is InChI=1S/C18H23BrN2O4/c1-25-18(24)21-8-7-14-13-6-5-11(19)9-15(13)20-17(14)16(21)4-2-3-12(23)10-22/h5-6,9,12,16,20,22-23H,2-4,7-8,10H2,1H3/t12?,16-/m0/s1. The molecule has 2 aromatic rings. The maximum atomic E-state index is 12.2. The Morgan fingerprint density at radius 2 is 2.32 bits per heavy atom. The van der Waals surface area contributed by atoms with Gasteiger partial charge in [0.25, 0.3) is 0 Å². The molecule has 136 valence electrons. The Balaban J connectivity index is 1.92. The second-order valence-electron chi connectivity index (χ2n) is 6.40. The first-order valence-corrected chi connectivity index (χ1v) is 9.28. The minimum Gasteiger partial charge on any atom is -0.453 e. The third kappa shape index (κ3) is 3.68. The first-order valence-electron chi connectivity index (χ1n) is 8.48. The Hall–Kier alpha value is -1.57. The van der Waals surface area contributed by atoms with Gasteiger partial charge in [0, 0.05) is 27.6 Å². The lowest BCUT2D eigenvalue weighted by Gasteiger charge is -2.35. The smallest absolute Gasteiger partial charge is 0.410 e. The monoisotopic (exact) mass is 410 g/mol. The number of ether oxygens (including phenoxy) is 1. The van der Waals surface area contributed by atoms with Gasteiger partial charge in [-0.15, -0.1) is 0 Å². The van der Waals surface area contributed by atoms with E-state index >= 15 is 0 Å². The lowest BCUT2D eigenvalue weighted by atomic mass is 9.94. The third-order valence-corrected chi connectivity index (χ3v) is 5.34. The van der Waals surface area contributed by atoms with Gasteiger partial charge in [-0.05, 0) is 43.4 Å².